The van der Waals surface area contributed by atoms with E-state index in [9.17, 15) is 0 Å². The maximum absolute atomic E-state index is 4.89. The van der Waals surface area contributed by atoms with E-state index in [1.54, 1.807) is 7.11 Å². The van der Waals surface area contributed by atoms with Gasteiger partial charge in [-0.05, 0) is 11.6 Å². The molecule has 0 amide bonds. The summed E-state index contributed by atoms with van der Waals surface area (Å²) in [6, 6.07) is 10.0. The van der Waals surface area contributed by atoms with Crippen molar-refractivity contribution in [3.8, 4) is 0 Å². The highest BCUT2D eigenvalue weighted by molar-refractivity contribution is 5.51. The second kappa shape index (κ2) is 4.39. The molecule has 12 heavy (non-hydrogen) atoms. The summed E-state index contributed by atoms with van der Waals surface area (Å²) in [6.07, 6.45) is 3.81. The molecule has 0 saturated heterocycles. The van der Waals surface area contributed by atoms with Crippen LogP contribution in [-0.4, -0.2) is 7.11 Å². The minimum atomic E-state index is 0.666. The quantitative estimate of drug-likeness (QED) is 0.488. The van der Waals surface area contributed by atoms with Crippen LogP contribution in [-0.2, 0) is 4.74 Å². The number of methoxy groups -OCH3 is 1. The zero-order valence-electron chi connectivity index (χ0n) is 7.16. The molecule has 0 bridgehead atoms. The summed E-state index contributed by atoms with van der Waals surface area (Å²) < 4.78 is 4.89. The van der Waals surface area contributed by atoms with Crippen LogP contribution < -0.4 is 0 Å². The molecule has 1 aromatic rings. The Morgan fingerprint density at radius 1 is 1.33 bits per heavy atom. The fourth-order valence-electron chi connectivity index (χ4n) is 0.821. The van der Waals surface area contributed by atoms with Crippen LogP contribution in [0.1, 0.15) is 5.56 Å². The van der Waals surface area contributed by atoms with Crippen molar-refractivity contribution in [3.63, 3.8) is 0 Å². The largest absolute Gasteiger partial charge is 0.497 e. The van der Waals surface area contributed by atoms with E-state index >= 15 is 0 Å². The van der Waals surface area contributed by atoms with Crippen molar-refractivity contribution in [1.29, 1.82) is 0 Å². The molecule has 0 atom stereocenters. The van der Waals surface area contributed by atoms with Crippen molar-refractivity contribution >= 4 is 6.08 Å². The summed E-state index contributed by atoms with van der Waals surface area (Å²) in [5, 5.41) is 0. The molecule has 1 heteroatoms. The molecule has 1 aromatic carbocycles. The van der Waals surface area contributed by atoms with Gasteiger partial charge in [0.25, 0.3) is 0 Å². The third-order valence-corrected chi connectivity index (χ3v) is 1.52. The maximum Gasteiger partial charge on any atom is 0.111 e. The highest BCUT2D eigenvalue weighted by Gasteiger charge is 1.84. The zero-order chi connectivity index (χ0) is 8.81. The van der Waals surface area contributed by atoms with Crippen LogP contribution >= 0.6 is 0 Å². The van der Waals surface area contributed by atoms with Crippen LogP contribution in [0.25, 0.3) is 6.08 Å². The zero-order valence-corrected chi connectivity index (χ0v) is 7.16. The Kier molecular flexibility index (Phi) is 3.15. The average Bonchev–Trinajstić information content (AvgIpc) is 2.16. The minimum absolute atomic E-state index is 0.666. The SMILES string of the molecule is C=C(/C=C/c1ccccc1)OC. The van der Waals surface area contributed by atoms with Gasteiger partial charge in [0.15, 0.2) is 0 Å². The molecule has 0 aromatic heterocycles. The van der Waals surface area contributed by atoms with E-state index in [2.05, 4.69) is 6.58 Å². The van der Waals surface area contributed by atoms with Crippen LogP contribution in [0.15, 0.2) is 48.7 Å². The van der Waals surface area contributed by atoms with E-state index in [4.69, 9.17) is 4.74 Å². The Morgan fingerprint density at radius 3 is 2.58 bits per heavy atom. The van der Waals surface area contributed by atoms with Crippen molar-refractivity contribution < 1.29 is 4.74 Å². The summed E-state index contributed by atoms with van der Waals surface area (Å²) in [5.74, 6) is 0.666. The Balaban J connectivity index is 2.64. The van der Waals surface area contributed by atoms with Crippen molar-refractivity contribution in [2.24, 2.45) is 0 Å². The van der Waals surface area contributed by atoms with E-state index in [1.807, 2.05) is 42.5 Å². The predicted molar refractivity (Wildman–Crippen MR) is 51.6 cm³/mol. The molecule has 0 fully saturated rings. The maximum atomic E-state index is 4.89. The van der Waals surface area contributed by atoms with Crippen molar-refractivity contribution in [3.05, 3.63) is 54.3 Å². The van der Waals surface area contributed by atoms with Crippen molar-refractivity contribution in [2.75, 3.05) is 7.11 Å². The fourth-order valence-corrected chi connectivity index (χ4v) is 0.821. The van der Waals surface area contributed by atoms with E-state index in [0.29, 0.717) is 5.76 Å². The van der Waals surface area contributed by atoms with Crippen molar-refractivity contribution in [1.82, 2.24) is 0 Å². The highest BCUT2D eigenvalue weighted by Crippen LogP contribution is 2.03. The lowest BCUT2D eigenvalue weighted by atomic mass is 10.2. The first kappa shape index (κ1) is 8.60. The molecule has 62 valence electrons. The molecule has 0 aliphatic rings. The lowest BCUT2D eigenvalue weighted by molar-refractivity contribution is 0.309. The Labute approximate surface area is 73.0 Å². The number of benzene rings is 1. The van der Waals surface area contributed by atoms with Crippen LogP contribution in [0, 0.1) is 0 Å². The van der Waals surface area contributed by atoms with Gasteiger partial charge in [-0.3, -0.25) is 0 Å². The second-order valence-electron chi connectivity index (χ2n) is 2.41. The van der Waals surface area contributed by atoms with E-state index < -0.39 is 0 Å². The lowest BCUT2D eigenvalue weighted by Crippen LogP contribution is -1.76. The number of ether oxygens (including phenoxy) is 1. The van der Waals surface area contributed by atoms with Gasteiger partial charge in [0.1, 0.15) is 5.76 Å². The molecule has 0 radical (unpaired) electrons. The van der Waals surface area contributed by atoms with Crippen LogP contribution in [0.3, 0.4) is 0 Å². The minimum Gasteiger partial charge on any atom is -0.497 e. The molecule has 0 heterocycles. The number of allylic oxidation sites excluding steroid dienone is 1. The number of hydrogen-bond acceptors (Lipinski definition) is 1. The highest BCUT2D eigenvalue weighted by atomic mass is 16.5. The molecule has 0 unspecified atom stereocenters. The normalized spacial score (nSPS) is 10.1. The Morgan fingerprint density at radius 2 is 2.00 bits per heavy atom. The number of hydrogen-bond donors (Lipinski definition) is 0. The second-order valence-corrected chi connectivity index (χ2v) is 2.41. The van der Waals surface area contributed by atoms with Crippen molar-refractivity contribution in [2.45, 2.75) is 0 Å². The molecule has 0 N–H and O–H groups in total. The van der Waals surface area contributed by atoms with Gasteiger partial charge in [-0.1, -0.05) is 43.0 Å². The third-order valence-electron chi connectivity index (χ3n) is 1.52. The van der Waals surface area contributed by atoms with Gasteiger partial charge in [-0.15, -0.1) is 0 Å². The van der Waals surface area contributed by atoms with Crippen LogP contribution in [0.5, 0.6) is 0 Å². The first-order chi connectivity index (χ1) is 5.83. The van der Waals surface area contributed by atoms with E-state index in [0.717, 1.165) is 5.56 Å². The molecule has 0 saturated carbocycles. The summed E-state index contributed by atoms with van der Waals surface area (Å²) in [7, 11) is 1.61. The van der Waals surface area contributed by atoms with Gasteiger partial charge < -0.3 is 4.74 Å². The van der Waals surface area contributed by atoms with Gasteiger partial charge in [-0.25, -0.2) is 0 Å². The van der Waals surface area contributed by atoms with Gasteiger partial charge in [0.2, 0.25) is 0 Å². The summed E-state index contributed by atoms with van der Waals surface area (Å²) in [5.41, 5.74) is 1.15. The summed E-state index contributed by atoms with van der Waals surface area (Å²) >= 11 is 0. The Bertz CT molecular complexity index is 272. The van der Waals surface area contributed by atoms with Crippen LogP contribution in [0.4, 0.5) is 0 Å². The molecule has 1 rings (SSSR count). The first-order valence-electron chi connectivity index (χ1n) is 3.79. The lowest BCUT2D eigenvalue weighted by Gasteiger charge is -1.95. The predicted octanol–water partition coefficient (Wildman–Crippen LogP) is 2.86. The standard InChI is InChI=1S/C11H12O/c1-10(12-2)8-9-11-6-4-3-5-7-11/h3-9H,1H2,2H3/b9-8+. The molecule has 1 nitrogen and oxygen atoms in total. The monoisotopic (exact) mass is 160 g/mol. The number of rotatable bonds is 3. The third kappa shape index (κ3) is 2.62. The van der Waals surface area contributed by atoms with E-state index in [-0.39, 0.29) is 0 Å². The molecule has 0 aliphatic heterocycles. The molecule has 0 aliphatic carbocycles. The topological polar surface area (TPSA) is 9.23 Å². The fraction of sp³-hybridized carbons (Fsp3) is 0.0909. The van der Waals surface area contributed by atoms with Gasteiger partial charge in [0.05, 0.1) is 7.11 Å². The molecular weight excluding hydrogens is 148 g/mol. The first-order valence-corrected chi connectivity index (χ1v) is 3.79. The average molecular weight is 160 g/mol. The smallest absolute Gasteiger partial charge is 0.111 e. The van der Waals surface area contributed by atoms with Gasteiger partial charge in [-0.2, -0.15) is 0 Å². The molecule has 0 spiro atoms. The van der Waals surface area contributed by atoms with Gasteiger partial charge in [0, 0.05) is 0 Å². The van der Waals surface area contributed by atoms with Crippen LogP contribution in [0.2, 0.25) is 0 Å². The summed E-state index contributed by atoms with van der Waals surface area (Å²) in [6.45, 7) is 3.68. The summed E-state index contributed by atoms with van der Waals surface area (Å²) in [4.78, 5) is 0. The Hall–Kier alpha value is -1.50. The van der Waals surface area contributed by atoms with Gasteiger partial charge >= 0.3 is 0 Å². The van der Waals surface area contributed by atoms with E-state index in [1.165, 1.54) is 0 Å². The molecular formula is C11H12O.